The molecule has 8 heteroatoms. The van der Waals surface area contributed by atoms with Crippen LogP contribution in [0.25, 0.3) is 0 Å². The van der Waals surface area contributed by atoms with E-state index in [4.69, 9.17) is 0 Å². The average molecular weight is 344 g/mol. The van der Waals surface area contributed by atoms with Crippen molar-refractivity contribution in [1.82, 2.24) is 29.5 Å². The predicted molar refractivity (Wildman–Crippen MR) is 92.0 cm³/mol. The minimum Gasteiger partial charge on any atom is -0.354 e. The van der Waals surface area contributed by atoms with Crippen LogP contribution in [0.15, 0.2) is 18.7 Å². The molecule has 2 aromatic rings. The van der Waals surface area contributed by atoms with Gasteiger partial charge in [-0.05, 0) is 20.8 Å². The van der Waals surface area contributed by atoms with Crippen LogP contribution in [0.4, 0.5) is 0 Å². The molecule has 3 heterocycles. The van der Waals surface area contributed by atoms with E-state index in [9.17, 15) is 9.59 Å². The third-order valence-electron chi connectivity index (χ3n) is 4.66. The van der Waals surface area contributed by atoms with Gasteiger partial charge in [0.05, 0.1) is 23.5 Å². The van der Waals surface area contributed by atoms with Crippen molar-refractivity contribution in [2.75, 3.05) is 19.6 Å². The van der Waals surface area contributed by atoms with Crippen LogP contribution in [0, 0.1) is 19.8 Å². The van der Waals surface area contributed by atoms with Gasteiger partial charge in [0.25, 0.3) is 5.91 Å². The van der Waals surface area contributed by atoms with Gasteiger partial charge in [-0.25, -0.2) is 4.98 Å². The van der Waals surface area contributed by atoms with Crippen LogP contribution >= 0.6 is 0 Å². The molecule has 134 valence electrons. The van der Waals surface area contributed by atoms with Gasteiger partial charge in [-0.2, -0.15) is 5.10 Å². The van der Waals surface area contributed by atoms with Crippen molar-refractivity contribution in [1.29, 1.82) is 0 Å². The summed E-state index contributed by atoms with van der Waals surface area (Å²) < 4.78 is 3.75. The Morgan fingerprint density at radius 2 is 2.08 bits per heavy atom. The van der Waals surface area contributed by atoms with Crippen LogP contribution in [0.1, 0.15) is 28.7 Å². The number of carbonyl (C=O) groups excluding carboxylic acids is 2. The molecule has 1 saturated heterocycles. The molecule has 0 spiro atoms. The Hall–Kier alpha value is -2.64. The molecule has 0 saturated carbocycles. The molecule has 25 heavy (non-hydrogen) atoms. The first kappa shape index (κ1) is 17.2. The van der Waals surface area contributed by atoms with Crippen LogP contribution in [-0.2, 0) is 17.9 Å². The number of nitrogens with zero attached hydrogens (tertiary/aromatic N) is 5. The normalized spacial score (nSPS) is 14.4. The Labute approximate surface area is 146 Å². The van der Waals surface area contributed by atoms with E-state index in [1.807, 2.05) is 36.2 Å². The van der Waals surface area contributed by atoms with Gasteiger partial charge >= 0.3 is 0 Å². The predicted octanol–water partition coefficient (Wildman–Crippen LogP) is 0.605. The summed E-state index contributed by atoms with van der Waals surface area (Å²) in [5.74, 6) is -0.160. The zero-order chi connectivity index (χ0) is 18.0. The van der Waals surface area contributed by atoms with Gasteiger partial charge in [-0.1, -0.05) is 0 Å². The van der Waals surface area contributed by atoms with Gasteiger partial charge in [0, 0.05) is 50.8 Å². The molecule has 1 N–H and O–H groups in total. The minimum atomic E-state index is -0.131. The molecular weight excluding hydrogens is 320 g/mol. The standard InChI is InChI=1S/C17H24N6O2/c1-4-23-13(3)15(12(2)20-23)17(25)22-9-14(10-22)16(24)19-6-8-21-7-5-18-11-21/h5,7,11,14H,4,6,8-10H2,1-3H3,(H,19,24). The molecule has 0 unspecified atom stereocenters. The lowest BCUT2D eigenvalue weighted by Gasteiger charge is -2.38. The molecule has 3 rings (SSSR count). The summed E-state index contributed by atoms with van der Waals surface area (Å²) in [5.41, 5.74) is 2.30. The fourth-order valence-electron chi connectivity index (χ4n) is 3.15. The third-order valence-corrected chi connectivity index (χ3v) is 4.66. The summed E-state index contributed by atoms with van der Waals surface area (Å²) in [4.78, 5) is 30.5. The van der Waals surface area contributed by atoms with E-state index in [0.29, 0.717) is 31.7 Å². The second-order valence-electron chi connectivity index (χ2n) is 6.36. The van der Waals surface area contributed by atoms with Gasteiger partial charge < -0.3 is 14.8 Å². The Morgan fingerprint density at radius 1 is 1.32 bits per heavy atom. The summed E-state index contributed by atoms with van der Waals surface area (Å²) in [7, 11) is 0. The van der Waals surface area contributed by atoms with Gasteiger partial charge in [-0.15, -0.1) is 0 Å². The Balaban J connectivity index is 1.49. The molecule has 8 nitrogen and oxygen atoms in total. The van der Waals surface area contributed by atoms with Crippen LogP contribution in [0.3, 0.4) is 0 Å². The van der Waals surface area contributed by atoms with Crippen LogP contribution in [0.2, 0.25) is 0 Å². The quantitative estimate of drug-likeness (QED) is 0.832. The van der Waals surface area contributed by atoms with Crippen molar-refractivity contribution in [2.24, 2.45) is 5.92 Å². The van der Waals surface area contributed by atoms with Gasteiger partial charge in [0.1, 0.15) is 0 Å². The molecule has 1 aliphatic heterocycles. The molecule has 1 aliphatic rings. The summed E-state index contributed by atoms with van der Waals surface area (Å²) in [6, 6.07) is 0. The molecule has 1 fully saturated rings. The van der Waals surface area contributed by atoms with Crippen LogP contribution < -0.4 is 5.32 Å². The SMILES string of the molecule is CCn1nc(C)c(C(=O)N2CC(C(=O)NCCn3ccnc3)C2)c1C. The Bertz CT molecular complexity index is 758. The molecule has 0 atom stereocenters. The topological polar surface area (TPSA) is 85.0 Å². The average Bonchev–Trinajstić information content (AvgIpc) is 3.13. The summed E-state index contributed by atoms with van der Waals surface area (Å²) in [5, 5.41) is 7.31. The number of hydrogen-bond acceptors (Lipinski definition) is 4. The number of aromatic nitrogens is 4. The van der Waals surface area contributed by atoms with E-state index in [-0.39, 0.29) is 17.7 Å². The van der Waals surface area contributed by atoms with Crippen molar-refractivity contribution >= 4 is 11.8 Å². The number of amides is 2. The highest BCUT2D eigenvalue weighted by Gasteiger charge is 2.37. The number of carbonyl (C=O) groups is 2. The highest BCUT2D eigenvalue weighted by Crippen LogP contribution is 2.22. The molecule has 0 aromatic carbocycles. The van der Waals surface area contributed by atoms with E-state index in [1.165, 1.54) is 0 Å². The lowest BCUT2D eigenvalue weighted by Crippen LogP contribution is -2.56. The number of hydrogen-bond donors (Lipinski definition) is 1. The largest absolute Gasteiger partial charge is 0.354 e. The monoisotopic (exact) mass is 344 g/mol. The molecule has 0 bridgehead atoms. The maximum absolute atomic E-state index is 12.7. The summed E-state index contributed by atoms with van der Waals surface area (Å²) >= 11 is 0. The maximum atomic E-state index is 12.7. The second-order valence-corrected chi connectivity index (χ2v) is 6.36. The summed E-state index contributed by atoms with van der Waals surface area (Å²) in [6.45, 7) is 8.68. The van der Waals surface area contributed by atoms with E-state index in [2.05, 4.69) is 15.4 Å². The maximum Gasteiger partial charge on any atom is 0.257 e. The first-order valence-corrected chi connectivity index (χ1v) is 8.58. The van der Waals surface area contributed by atoms with Crippen molar-refractivity contribution in [3.05, 3.63) is 35.7 Å². The fraction of sp³-hybridized carbons (Fsp3) is 0.529. The Morgan fingerprint density at radius 3 is 2.68 bits per heavy atom. The summed E-state index contributed by atoms with van der Waals surface area (Å²) in [6.07, 6.45) is 5.29. The van der Waals surface area contributed by atoms with E-state index >= 15 is 0 Å². The van der Waals surface area contributed by atoms with Crippen molar-refractivity contribution in [3.8, 4) is 0 Å². The van der Waals surface area contributed by atoms with Gasteiger partial charge in [-0.3, -0.25) is 14.3 Å². The number of imidazole rings is 1. The zero-order valence-electron chi connectivity index (χ0n) is 14.9. The number of nitrogens with one attached hydrogen (secondary N) is 1. The molecular formula is C17H24N6O2. The van der Waals surface area contributed by atoms with Gasteiger partial charge in [0.2, 0.25) is 5.91 Å². The minimum absolute atomic E-state index is 0.00172. The van der Waals surface area contributed by atoms with Gasteiger partial charge in [0.15, 0.2) is 0 Å². The first-order valence-electron chi connectivity index (χ1n) is 8.58. The van der Waals surface area contributed by atoms with E-state index < -0.39 is 0 Å². The molecule has 2 amide bonds. The number of aryl methyl sites for hydroxylation is 2. The number of rotatable bonds is 6. The highest BCUT2D eigenvalue weighted by molar-refractivity contribution is 5.98. The van der Waals surface area contributed by atoms with Crippen molar-refractivity contribution in [3.63, 3.8) is 0 Å². The van der Waals surface area contributed by atoms with Crippen LogP contribution in [0.5, 0.6) is 0 Å². The number of likely N-dealkylation sites (tertiary alicyclic amines) is 1. The zero-order valence-corrected chi connectivity index (χ0v) is 14.9. The third kappa shape index (κ3) is 3.42. The highest BCUT2D eigenvalue weighted by atomic mass is 16.2. The fourth-order valence-corrected chi connectivity index (χ4v) is 3.15. The van der Waals surface area contributed by atoms with Crippen molar-refractivity contribution in [2.45, 2.75) is 33.9 Å². The molecule has 0 radical (unpaired) electrons. The second kappa shape index (κ2) is 7.08. The lowest BCUT2D eigenvalue weighted by atomic mass is 9.97. The lowest BCUT2D eigenvalue weighted by molar-refractivity contribution is -0.129. The Kier molecular flexibility index (Phi) is 4.87. The van der Waals surface area contributed by atoms with E-state index in [0.717, 1.165) is 17.9 Å². The van der Waals surface area contributed by atoms with Crippen LogP contribution in [-0.4, -0.2) is 55.7 Å². The molecule has 2 aromatic heterocycles. The molecule has 0 aliphatic carbocycles. The van der Waals surface area contributed by atoms with Crippen molar-refractivity contribution < 1.29 is 9.59 Å². The smallest absolute Gasteiger partial charge is 0.257 e. The first-order chi connectivity index (χ1) is 12.0. The van der Waals surface area contributed by atoms with E-state index in [1.54, 1.807) is 17.4 Å².